The van der Waals surface area contributed by atoms with E-state index >= 15 is 0 Å². The Balaban J connectivity index is 1.57. The molecule has 25 heavy (non-hydrogen) atoms. The molecule has 0 amide bonds. The van der Waals surface area contributed by atoms with Gasteiger partial charge in [0.25, 0.3) is 0 Å². The van der Waals surface area contributed by atoms with Crippen LogP contribution < -0.4 is 9.64 Å². The lowest BCUT2D eigenvalue weighted by Crippen LogP contribution is -2.47. The van der Waals surface area contributed by atoms with E-state index in [9.17, 15) is 0 Å². The maximum atomic E-state index is 5.90. The van der Waals surface area contributed by atoms with Crippen molar-refractivity contribution in [2.45, 2.75) is 20.3 Å². The van der Waals surface area contributed by atoms with E-state index < -0.39 is 0 Å². The molecule has 1 aromatic carbocycles. The molecule has 1 aliphatic heterocycles. The molecule has 2 aromatic rings. The maximum absolute atomic E-state index is 5.90. The number of hydrogen-bond acceptors (Lipinski definition) is 5. The van der Waals surface area contributed by atoms with E-state index in [-0.39, 0.29) is 0 Å². The molecule has 3 rings (SSSR count). The van der Waals surface area contributed by atoms with Crippen molar-refractivity contribution in [1.29, 1.82) is 0 Å². The molecule has 6 heteroatoms. The number of benzene rings is 1. The van der Waals surface area contributed by atoms with Gasteiger partial charge in [0, 0.05) is 37.3 Å². The highest BCUT2D eigenvalue weighted by Crippen LogP contribution is 2.24. The summed E-state index contributed by atoms with van der Waals surface area (Å²) in [4.78, 5) is 13.5. The first kappa shape index (κ1) is 18.0. The number of halogens is 1. The summed E-state index contributed by atoms with van der Waals surface area (Å²) in [5.41, 5.74) is 0. The second-order valence-electron chi connectivity index (χ2n) is 6.78. The Hall–Kier alpha value is -1.85. The average molecular weight is 361 g/mol. The van der Waals surface area contributed by atoms with Crippen LogP contribution >= 0.6 is 11.6 Å². The van der Waals surface area contributed by atoms with Crippen molar-refractivity contribution in [2.24, 2.45) is 5.92 Å². The number of anilines is 1. The van der Waals surface area contributed by atoms with Crippen LogP contribution in [0.2, 0.25) is 5.02 Å². The Labute approximate surface area is 154 Å². The smallest absolute Gasteiger partial charge is 0.224 e. The molecule has 2 heterocycles. The van der Waals surface area contributed by atoms with Gasteiger partial charge >= 0.3 is 0 Å². The first-order valence-electron chi connectivity index (χ1n) is 8.83. The summed E-state index contributed by atoms with van der Waals surface area (Å²) in [5.74, 6) is 2.94. The second-order valence-corrected chi connectivity index (χ2v) is 7.22. The first-order valence-corrected chi connectivity index (χ1v) is 9.21. The van der Waals surface area contributed by atoms with Crippen LogP contribution in [0.25, 0.3) is 0 Å². The molecule has 0 unspecified atom stereocenters. The molecule has 1 aromatic heterocycles. The van der Waals surface area contributed by atoms with E-state index in [1.165, 1.54) is 13.0 Å². The summed E-state index contributed by atoms with van der Waals surface area (Å²) >= 11 is 5.90. The third-order valence-electron chi connectivity index (χ3n) is 4.38. The zero-order chi connectivity index (χ0) is 17.6. The monoisotopic (exact) mass is 360 g/mol. The fourth-order valence-corrected chi connectivity index (χ4v) is 2.95. The molecule has 1 aliphatic rings. The van der Waals surface area contributed by atoms with Gasteiger partial charge in [-0.05, 0) is 43.1 Å². The van der Waals surface area contributed by atoms with Crippen molar-refractivity contribution in [1.82, 2.24) is 14.9 Å². The maximum Gasteiger partial charge on any atom is 0.224 e. The molecule has 0 saturated carbocycles. The SMILES string of the molecule is CC(C)CCN1CCN(c2cc(Oc3ccc(Cl)cc3)ncn2)CC1. The number of hydrogen-bond donors (Lipinski definition) is 0. The molecule has 0 aliphatic carbocycles. The summed E-state index contributed by atoms with van der Waals surface area (Å²) in [5, 5.41) is 0.686. The molecular weight excluding hydrogens is 336 g/mol. The molecule has 5 nitrogen and oxygen atoms in total. The highest BCUT2D eigenvalue weighted by molar-refractivity contribution is 6.30. The Bertz CT molecular complexity index is 669. The number of nitrogens with zero attached hydrogens (tertiary/aromatic N) is 4. The van der Waals surface area contributed by atoms with Crippen LogP contribution in [0.5, 0.6) is 11.6 Å². The van der Waals surface area contributed by atoms with Gasteiger partial charge in [0.1, 0.15) is 17.9 Å². The summed E-state index contributed by atoms with van der Waals surface area (Å²) < 4.78 is 5.80. The third-order valence-corrected chi connectivity index (χ3v) is 4.63. The summed E-state index contributed by atoms with van der Waals surface area (Å²) in [6.45, 7) is 9.85. The number of piperazine rings is 1. The largest absolute Gasteiger partial charge is 0.439 e. The van der Waals surface area contributed by atoms with E-state index in [1.807, 2.05) is 18.2 Å². The Morgan fingerprint density at radius 2 is 1.80 bits per heavy atom. The zero-order valence-electron chi connectivity index (χ0n) is 14.9. The highest BCUT2D eigenvalue weighted by Gasteiger charge is 2.18. The normalized spacial score (nSPS) is 15.6. The predicted molar refractivity (Wildman–Crippen MR) is 102 cm³/mol. The number of ether oxygens (including phenoxy) is 1. The third kappa shape index (κ3) is 5.31. The number of aromatic nitrogens is 2. The molecule has 0 atom stereocenters. The second kappa shape index (κ2) is 8.50. The molecule has 0 radical (unpaired) electrons. The molecule has 0 bridgehead atoms. The van der Waals surface area contributed by atoms with Gasteiger partial charge in [0.05, 0.1) is 0 Å². The fraction of sp³-hybridized carbons (Fsp3) is 0.474. The quantitative estimate of drug-likeness (QED) is 0.776. The van der Waals surface area contributed by atoms with Crippen LogP contribution in [0.3, 0.4) is 0 Å². The minimum atomic E-state index is 0.551. The van der Waals surface area contributed by atoms with E-state index in [1.54, 1.807) is 18.5 Å². The average Bonchev–Trinajstić information content (AvgIpc) is 2.63. The van der Waals surface area contributed by atoms with Crippen LogP contribution in [-0.2, 0) is 0 Å². The molecule has 0 N–H and O–H groups in total. The van der Waals surface area contributed by atoms with Gasteiger partial charge in [-0.1, -0.05) is 25.4 Å². The van der Waals surface area contributed by atoms with Gasteiger partial charge in [-0.2, -0.15) is 0 Å². The van der Waals surface area contributed by atoms with Crippen molar-refractivity contribution in [3.8, 4) is 11.6 Å². The topological polar surface area (TPSA) is 41.5 Å². The van der Waals surface area contributed by atoms with Crippen molar-refractivity contribution >= 4 is 17.4 Å². The van der Waals surface area contributed by atoms with Crippen molar-refractivity contribution in [3.05, 3.63) is 41.7 Å². The lowest BCUT2D eigenvalue weighted by Gasteiger charge is -2.35. The van der Waals surface area contributed by atoms with Crippen LogP contribution in [0, 0.1) is 5.92 Å². The van der Waals surface area contributed by atoms with Crippen molar-refractivity contribution in [3.63, 3.8) is 0 Å². The first-order chi connectivity index (χ1) is 12.1. The lowest BCUT2D eigenvalue weighted by atomic mass is 10.1. The molecule has 134 valence electrons. The Morgan fingerprint density at radius 1 is 1.08 bits per heavy atom. The summed E-state index contributed by atoms with van der Waals surface area (Å²) in [7, 11) is 0. The van der Waals surface area contributed by atoms with Gasteiger partial charge in [-0.3, -0.25) is 4.90 Å². The van der Waals surface area contributed by atoms with Gasteiger partial charge in [-0.15, -0.1) is 0 Å². The van der Waals surface area contributed by atoms with Gasteiger partial charge in [0.2, 0.25) is 5.88 Å². The Morgan fingerprint density at radius 3 is 2.48 bits per heavy atom. The van der Waals surface area contributed by atoms with E-state index in [4.69, 9.17) is 16.3 Å². The van der Waals surface area contributed by atoms with E-state index in [2.05, 4.69) is 33.6 Å². The molecule has 1 saturated heterocycles. The summed E-state index contributed by atoms with van der Waals surface area (Å²) in [6.07, 6.45) is 2.82. The number of rotatable bonds is 6. The van der Waals surface area contributed by atoms with Crippen LogP contribution in [0.15, 0.2) is 36.7 Å². The standard InChI is InChI=1S/C19H25ClN4O/c1-15(2)7-8-23-9-11-24(12-10-23)18-13-19(22-14-21-18)25-17-5-3-16(20)4-6-17/h3-6,13-15H,7-12H2,1-2H3. The van der Waals surface area contributed by atoms with Crippen molar-refractivity contribution < 1.29 is 4.74 Å². The van der Waals surface area contributed by atoms with Crippen LogP contribution in [-0.4, -0.2) is 47.6 Å². The van der Waals surface area contributed by atoms with Crippen molar-refractivity contribution in [2.75, 3.05) is 37.6 Å². The van der Waals surface area contributed by atoms with Crippen LogP contribution in [0.4, 0.5) is 5.82 Å². The molecule has 0 spiro atoms. The highest BCUT2D eigenvalue weighted by atomic mass is 35.5. The predicted octanol–water partition coefficient (Wildman–Crippen LogP) is 4.09. The van der Waals surface area contributed by atoms with Gasteiger partial charge in [0.15, 0.2) is 0 Å². The van der Waals surface area contributed by atoms with Gasteiger partial charge < -0.3 is 9.64 Å². The Kier molecular flexibility index (Phi) is 6.10. The minimum absolute atomic E-state index is 0.551. The minimum Gasteiger partial charge on any atom is -0.439 e. The lowest BCUT2D eigenvalue weighted by molar-refractivity contribution is 0.243. The molecular formula is C19H25ClN4O. The summed E-state index contributed by atoms with van der Waals surface area (Å²) in [6, 6.07) is 9.17. The van der Waals surface area contributed by atoms with Crippen LogP contribution in [0.1, 0.15) is 20.3 Å². The fourth-order valence-electron chi connectivity index (χ4n) is 2.82. The van der Waals surface area contributed by atoms with E-state index in [0.717, 1.165) is 37.9 Å². The van der Waals surface area contributed by atoms with E-state index in [0.29, 0.717) is 16.7 Å². The zero-order valence-corrected chi connectivity index (χ0v) is 15.6. The molecule has 1 fully saturated rings. The van der Waals surface area contributed by atoms with Gasteiger partial charge in [-0.25, -0.2) is 9.97 Å².